The van der Waals surface area contributed by atoms with Gasteiger partial charge in [0.1, 0.15) is 23.2 Å². The number of hydrogen-bond donors (Lipinski definition) is 1. The third kappa shape index (κ3) is 4.71. The van der Waals surface area contributed by atoms with E-state index in [9.17, 15) is 18.5 Å². The van der Waals surface area contributed by atoms with Gasteiger partial charge in [0.05, 0.1) is 10.8 Å². The normalized spacial score (nSPS) is 11.8. The van der Waals surface area contributed by atoms with Gasteiger partial charge in [0, 0.05) is 11.6 Å². The van der Waals surface area contributed by atoms with Crippen LogP contribution in [0.1, 0.15) is 12.7 Å². The first-order valence-corrected chi connectivity index (χ1v) is 11.0. The molecule has 11 heteroatoms. The van der Waals surface area contributed by atoms with Crippen molar-refractivity contribution in [2.24, 2.45) is 0 Å². The van der Waals surface area contributed by atoms with Crippen LogP contribution >= 0.6 is 22.9 Å². The second-order valence-corrected chi connectivity index (χ2v) is 9.42. The Morgan fingerprint density at radius 1 is 1.31 bits per heavy atom. The number of sulfone groups is 1. The molecule has 0 unspecified atom stereocenters. The molecule has 1 aromatic carbocycles. The lowest BCUT2D eigenvalue weighted by molar-refractivity contribution is -0.112. The van der Waals surface area contributed by atoms with Crippen molar-refractivity contribution in [3.8, 4) is 17.4 Å². The molecule has 2 aromatic heterocycles. The standard InChI is InChI=1S/C18H13ClN4O4S2/c1-2-29(25,26)18-23-22-17(28-18)21-16(24)11(10-20)9-12-7-8-15(27-12)13-5-3-4-6-14(13)19/h3-9H,2H2,1H3,(H,21,22,24)/b11-9-. The zero-order valence-corrected chi connectivity index (χ0v) is 17.3. The topological polar surface area (TPSA) is 126 Å². The highest BCUT2D eigenvalue weighted by Gasteiger charge is 2.20. The van der Waals surface area contributed by atoms with Crippen LogP contribution in [0.4, 0.5) is 5.13 Å². The van der Waals surface area contributed by atoms with Crippen molar-refractivity contribution in [3.63, 3.8) is 0 Å². The fourth-order valence-corrected chi connectivity index (χ4v) is 4.41. The zero-order valence-electron chi connectivity index (χ0n) is 14.9. The Bertz CT molecular complexity index is 1240. The van der Waals surface area contributed by atoms with E-state index >= 15 is 0 Å². The molecule has 0 fully saturated rings. The van der Waals surface area contributed by atoms with E-state index in [2.05, 4.69) is 15.5 Å². The number of nitrogens with one attached hydrogen (secondary N) is 1. The molecule has 3 rings (SSSR count). The van der Waals surface area contributed by atoms with Gasteiger partial charge in [-0.15, -0.1) is 10.2 Å². The van der Waals surface area contributed by atoms with Crippen LogP contribution < -0.4 is 5.32 Å². The minimum atomic E-state index is -3.53. The maximum Gasteiger partial charge on any atom is 0.268 e. The minimum absolute atomic E-state index is 0.0284. The minimum Gasteiger partial charge on any atom is -0.457 e. The number of aromatic nitrogens is 2. The van der Waals surface area contributed by atoms with E-state index in [1.807, 2.05) is 6.07 Å². The maximum atomic E-state index is 12.3. The van der Waals surface area contributed by atoms with Gasteiger partial charge >= 0.3 is 0 Å². The van der Waals surface area contributed by atoms with Crippen molar-refractivity contribution < 1.29 is 17.6 Å². The zero-order chi connectivity index (χ0) is 21.0. The van der Waals surface area contributed by atoms with Crippen LogP contribution in [0.5, 0.6) is 0 Å². The fraction of sp³-hybridized carbons (Fsp3) is 0.111. The number of benzene rings is 1. The van der Waals surface area contributed by atoms with Gasteiger partial charge in [-0.05, 0) is 24.3 Å². The summed E-state index contributed by atoms with van der Waals surface area (Å²) in [6.45, 7) is 1.48. The molecule has 0 atom stereocenters. The summed E-state index contributed by atoms with van der Waals surface area (Å²) in [5, 5.41) is 19.3. The van der Waals surface area contributed by atoms with Crippen LogP contribution in [0.2, 0.25) is 5.02 Å². The van der Waals surface area contributed by atoms with Crippen molar-refractivity contribution in [1.29, 1.82) is 5.26 Å². The predicted molar refractivity (Wildman–Crippen MR) is 109 cm³/mol. The number of amides is 1. The van der Waals surface area contributed by atoms with E-state index in [0.717, 1.165) is 0 Å². The average molecular weight is 449 g/mol. The Hall–Kier alpha value is -3.00. The second kappa shape index (κ2) is 8.57. The van der Waals surface area contributed by atoms with Gasteiger partial charge in [0.2, 0.25) is 19.3 Å². The summed E-state index contributed by atoms with van der Waals surface area (Å²) in [7, 11) is -3.53. The van der Waals surface area contributed by atoms with E-state index in [0.29, 0.717) is 27.7 Å². The van der Waals surface area contributed by atoms with Crippen molar-refractivity contribution in [1.82, 2.24) is 10.2 Å². The number of nitrogens with zero attached hydrogens (tertiary/aromatic N) is 3. The molecule has 1 N–H and O–H groups in total. The van der Waals surface area contributed by atoms with Gasteiger partial charge in [0.25, 0.3) is 5.91 Å². The highest BCUT2D eigenvalue weighted by Crippen LogP contribution is 2.29. The largest absolute Gasteiger partial charge is 0.457 e. The molecule has 0 saturated heterocycles. The van der Waals surface area contributed by atoms with Crippen LogP contribution in [0.15, 0.2) is 50.7 Å². The number of hydrogen-bond acceptors (Lipinski definition) is 8. The van der Waals surface area contributed by atoms with Crippen molar-refractivity contribution >= 4 is 49.9 Å². The summed E-state index contributed by atoms with van der Waals surface area (Å²) >= 11 is 6.85. The number of furan rings is 1. The molecular weight excluding hydrogens is 436 g/mol. The number of carbonyl (C=O) groups excluding carboxylic acids is 1. The lowest BCUT2D eigenvalue weighted by Crippen LogP contribution is -2.13. The van der Waals surface area contributed by atoms with Crippen molar-refractivity contribution in [2.75, 3.05) is 11.1 Å². The number of anilines is 1. The van der Waals surface area contributed by atoms with Crippen LogP contribution in [0, 0.1) is 11.3 Å². The van der Waals surface area contributed by atoms with E-state index in [1.165, 1.54) is 13.0 Å². The third-order valence-electron chi connectivity index (χ3n) is 3.69. The molecule has 0 aliphatic heterocycles. The summed E-state index contributed by atoms with van der Waals surface area (Å²) in [4.78, 5) is 12.3. The van der Waals surface area contributed by atoms with Crippen LogP contribution in [-0.4, -0.2) is 30.3 Å². The molecule has 1 amide bonds. The smallest absolute Gasteiger partial charge is 0.268 e. The van der Waals surface area contributed by atoms with Gasteiger partial charge in [-0.25, -0.2) is 8.42 Å². The fourth-order valence-electron chi connectivity index (χ4n) is 2.20. The highest BCUT2D eigenvalue weighted by molar-refractivity contribution is 7.93. The van der Waals surface area contributed by atoms with E-state index in [-0.39, 0.29) is 26.6 Å². The van der Waals surface area contributed by atoms with Crippen molar-refractivity contribution in [2.45, 2.75) is 11.3 Å². The third-order valence-corrected chi connectivity index (χ3v) is 7.04. The van der Waals surface area contributed by atoms with Gasteiger partial charge in [-0.3, -0.25) is 10.1 Å². The molecule has 8 nitrogen and oxygen atoms in total. The molecule has 29 heavy (non-hydrogen) atoms. The molecule has 0 spiro atoms. The number of nitriles is 1. The van der Waals surface area contributed by atoms with Crippen LogP contribution in [-0.2, 0) is 14.6 Å². The molecule has 0 bridgehead atoms. The first-order chi connectivity index (χ1) is 13.8. The summed E-state index contributed by atoms with van der Waals surface area (Å²) in [5.74, 6) is -0.137. The number of halogens is 1. The quantitative estimate of drug-likeness (QED) is 0.345. The van der Waals surface area contributed by atoms with E-state index in [1.54, 1.807) is 36.4 Å². The maximum absolute atomic E-state index is 12.3. The summed E-state index contributed by atoms with van der Waals surface area (Å²) < 4.78 is 29.0. The van der Waals surface area contributed by atoms with E-state index in [4.69, 9.17) is 16.0 Å². The van der Waals surface area contributed by atoms with Gasteiger partial charge in [-0.1, -0.05) is 42.0 Å². The van der Waals surface area contributed by atoms with Crippen molar-refractivity contribution in [3.05, 3.63) is 52.8 Å². The molecule has 2 heterocycles. The summed E-state index contributed by atoms with van der Waals surface area (Å²) in [6, 6.07) is 12.2. The summed E-state index contributed by atoms with van der Waals surface area (Å²) in [5.41, 5.74) is 0.426. The first kappa shape index (κ1) is 20.7. The molecule has 0 aliphatic rings. The monoisotopic (exact) mass is 448 g/mol. The highest BCUT2D eigenvalue weighted by atomic mass is 35.5. The number of rotatable bonds is 6. The van der Waals surface area contributed by atoms with Gasteiger partial charge in [0.15, 0.2) is 0 Å². The Morgan fingerprint density at radius 2 is 2.07 bits per heavy atom. The lowest BCUT2D eigenvalue weighted by atomic mass is 10.2. The van der Waals surface area contributed by atoms with Crippen LogP contribution in [0.25, 0.3) is 17.4 Å². The van der Waals surface area contributed by atoms with Gasteiger partial charge < -0.3 is 4.42 Å². The molecule has 0 saturated carbocycles. The average Bonchev–Trinajstić information content (AvgIpc) is 3.36. The Morgan fingerprint density at radius 3 is 2.76 bits per heavy atom. The van der Waals surface area contributed by atoms with Crippen LogP contribution in [0.3, 0.4) is 0 Å². The summed E-state index contributed by atoms with van der Waals surface area (Å²) in [6.07, 6.45) is 1.26. The van der Waals surface area contributed by atoms with Gasteiger partial charge in [-0.2, -0.15) is 5.26 Å². The SMILES string of the molecule is CCS(=O)(=O)c1nnc(NC(=O)/C(C#N)=C\c2ccc(-c3ccccc3Cl)o2)s1. The molecule has 0 aliphatic carbocycles. The lowest BCUT2D eigenvalue weighted by Gasteiger charge is -2.00. The first-order valence-electron chi connectivity index (χ1n) is 8.18. The Labute approximate surface area is 175 Å². The molecule has 148 valence electrons. The molecule has 3 aromatic rings. The number of carbonyl (C=O) groups is 1. The second-order valence-electron chi connectivity index (χ2n) is 5.58. The molecular formula is C18H13ClN4O4S2. The molecule has 0 radical (unpaired) electrons. The Kier molecular flexibility index (Phi) is 6.12. The predicted octanol–water partition coefficient (Wildman–Crippen LogP) is 3.79. The van der Waals surface area contributed by atoms with E-state index < -0.39 is 15.7 Å². The Balaban J connectivity index is 1.80.